The van der Waals surface area contributed by atoms with Crippen molar-refractivity contribution in [3.63, 3.8) is 0 Å². The van der Waals surface area contributed by atoms with Crippen LogP contribution in [0.2, 0.25) is 0 Å². The molecule has 1 aliphatic carbocycles. The van der Waals surface area contributed by atoms with Crippen molar-refractivity contribution in [1.82, 2.24) is 9.62 Å². The van der Waals surface area contributed by atoms with Crippen LogP contribution in [0.4, 0.5) is 10.1 Å². The van der Waals surface area contributed by atoms with E-state index in [1.54, 1.807) is 0 Å². The first-order valence-corrected chi connectivity index (χ1v) is 8.47. The van der Waals surface area contributed by atoms with Crippen LogP contribution >= 0.6 is 0 Å². The zero-order valence-electron chi connectivity index (χ0n) is 12.6. The van der Waals surface area contributed by atoms with Gasteiger partial charge in [-0.25, -0.2) is 17.5 Å². The Bertz CT molecular complexity index is 598. The predicted octanol–water partition coefficient (Wildman–Crippen LogP) is 1.49. The van der Waals surface area contributed by atoms with Crippen LogP contribution in [0.3, 0.4) is 0 Å². The Morgan fingerprint density at radius 2 is 2.05 bits per heavy atom. The van der Waals surface area contributed by atoms with Crippen LogP contribution in [0, 0.1) is 11.7 Å². The van der Waals surface area contributed by atoms with Crippen molar-refractivity contribution in [2.75, 3.05) is 33.0 Å². The van der Waals surface area contributed by atoms with Crippen molar-refractivity contribution >= 4 is 15.7 Å². The van der Waals surface area contributed by atoms with Gasteiger partial charge in [0.25, 0.3) is 0 Å². The van der Waals surface area contributed by atoms with Crippen LogP contribution in [-0.4, -0.2) is 47.0 Å². The van der Waals surface area contributed by atoms with Gasteiger partial charge < -0.3 is 10.2 Å². The third kappa shape index (κ3) is 3.93. The zero-order valence-corrected chi connectivity index (χ0v) is 13.4. The number of anilines is 1. The van der Waals surface area contributed by atoms with Gasteiger partial charge in [0, 0.05) is 12.6 Å². The van der Waals surface area contributed by atoms with Gasteiger partial charge in [0.05, 0.1) is 10.6 Å². The molecule has 2 rings (SSSR count). The highest BCUT2D eigenvalue weighted by Crippen LogP contribution is 2.34. The largest absolute Gasteiger partial charge is 0.381 e. The van der Waals surface area contributed by atoms with Crippen LogP contribution in [0.5, 0.6) is 0 Å². The van der Waals surface area contributed by atoms with E-state index in [1.165, 1.54) is 32.0 Å². The topological polar surface area (TPSA) is 61.4 Å². The van der Waals surface area contributed by atoms with E-state index in [0.717, 1.165) is 6.07 Å². The molecule has 0 aromatic heterocycles. The SMILES string of the molecule is CNS(=O)(=O)c1ccc(NCC(C2CC2)N(C)C)c(F)c1. The quantitative estimate of drug-likeness (QED) is 0.800. The molecule has 1 unspecified atom stereocenters. The highest BCUT2D eigenvalue weighted by Gasteiger charge is 2.32. The molecule has 1 fully saturated rings. The van der Waals surface area contributed by atoms with Crippen molar-refractivity contribution in [1.29, 1.82) is 0 Å². The van der Waals surface area contributed by atoms with E-state index < -0.39 is 15.8 Å². The Balaban J connectivity index is 2.07. The summed E-state index contributed by atoms with van der Waals surface area (Å²) in [5, 5.41) is 3.08. The number of nitrogens with zero attached hydrogens (tertiary/aromatic N) is 1. The van der Waals surface area contributed by atoms with Crippen molar-refractivity contribution in [2.45, 2.75) is 23.8 Å². The minimum atomic E-state index is -3.61. The summed E-state index contributed by atoms with van der Waals surface area (Å²) in [4.78, 5) is 2.07. The molecule has 0 aliphatic heterocycles. The summed E-state index contributed by atoms with van der Waals surface area (Å²) in [6, 6.07) is 4.28. The van der Waals surface area contributed by atoms with E-state index in [9.17, 15) is 12.8 Å². The van der Waals surface area contributed by atoms with Gasteiger partial charge in [0.1, 0.15) is 5.82 Å². The Hall–Kier alpha value is -1.18. The molecule has 0 saturated heterocycles. The van der Waals surface area contributed by atoms with E-state index in [-0.39, 0.29) is 4.90 Å². The lowest BCUT2D eigenvalue weighted by molar-refractivity contribution is 0.276. The molecule has 118 valence electrons. The number of rotatable bonds is 7. The maximum atomic E-state index is 14.0. The molecule has 1 saturated carbocycles. The van der Waals surface area contributed by atoms with E-state index in [2.05, 4.69) is 14.9 Å². The van der Waals surface area contributed by atoms with Gasteiger partial charge in [0.15, 0.2) is 0 Å². The maximum absolute atomic E-state index is 14.0. The summed E-state index contributed by atoms with van der Waals surface area (Å²) >= 11 is 0. The average molecular weight is 315 g/mol. The first-order valence-electron chi connectivity index (χ1n) is 6.98. The van der Waals surface area contributed by atoms with Crippen LogP contribution in [0.15, 0.2) is 23.1 Å². The van der Waals surface area contributed by atoms with Crippen molar-refractivity contribution in [2.24, 2.45) is 5.92 Å². The molecule has 2 N–H and O–H groups in total. The molecule has 1 atom stereocenters. The lowest BCUT2D eigenvalue weighted by Gasteiger charge is -2.25. The third-order valence-corrected chi connectivity index (χ3v) is 5.26. The fourth-order valence-corrected chi connectivity index (χ4v) is 3.13. The number of hydrogen-bond acceptors (Lipinski definition) is 4. The fraction of sp³-hybridized carbons (Fsp3) is 0.571. The molecule has 7 heteroatoms. The molecule has 21 heavy (non-hydrogen) atoms. The molecule has 0 radical (unpaired) electrons. The minimum Gasteiger partial charge on any atom is -0.381 e. The molecule has 1 aromatic rings. The Morgan fingerprint density at radius 3 is 2.52 bits per heavy atom. The van der Waals surface area contributed by atoms with E-state index in [4.69, 9.17) is 0 Å². The van der Waals surface area contributed by atoms with Gasteiger partial charge in [-0.2, -0.15) is 0 Å². The highest BCUT2D eigenvalue weighted by molar-refractivity contribution is 7.89. The van der Waals surface area contributed by atoms with Gasteiger partial charge in [-0.15, -0.1) is 0 Å². The second-order valence-corrected chi connectivity index (χ2v) is 7.49. The smallest absolute Gasteiger partial charge is 0.240 e. The van der Waals surface area contributed by atoms with E-state index in [1.807, 2.05) is 14.1 Å². The van der Waals surface area contributed by atoms with E-state index >= 15 is 0 Å². The Morgan fingerprint density at radius 1 is 1.38 bits per heavy atom. The molecule has 0 bridgehead atoms. The number of halogens is 1. The van der Waals surface area contributed by atoms with Gasteiger partial charge in [-0.05, 0) is 58.1 Å². The summed E-state index contributed by atoms with van der Waals surface area (Å²) in [6.07, 6.45) is 2.43. The van der Waals surface area contributed by atoms with Crippen molar-refractivity contribution < 1.29 is 12.8 Å². The molecule has 0 spiro atoms. The molecule has 0 amide bonds. The van der Waals surface area contributed by atoms with Gasteiger partial charge in [0.2, 0.25) is 10.0 Å². The second kappa shape index (κ2) is 6.29. The molecule has 1 aliphatic rings. The van der Waals surface area contributed by atoms with Crippen molar-refractivity contribution in [3.8, 4) is 0 Å². The molecular weight excluding hydrogens is 293 g/mol. The Kier molecular flexibility index (Phi) is 4.85. The average Bonchev–Trinajstić information content (AvgIpc) is 3.24. The lowest BCUT2D eigenvalue weighted by atomic mass is 10.1. The summed E-state index contributed by atoms with van der Waals surface area (Å²) in [5.74, 6) is 0.110. The molecule has 0 heterocycles. The summed E-state index contributed by atoms with van der Waals surface area (Å²) in [7, 11) is 1.73. The van der Waals surface area contributed by atoms with Crippen molar-refractivity contribution in [3.05, 3.63) is 24.0 Å². The molecule has 5 nitrogen and oxygen atoms in total. The monoisotopic (exact) mass is 315 g/mol. The summed E-state index contributed by atoms with van der Waals surface area (Å²) in [6.45, 7) is 0.646. The summed E-state index contributed by atoms with van der Waals surface area (Å²) < 4.78 is 39.4. The third-order valence-electron chi connectivity index (χ3n) is 3.85. The maximum Gasteiger partial charge on any atom is 0.240 e. The first-order chi connectivity index (χ1) is 9.85. The fourth-order valence-electron chi connectivity index (χ4n) is 2.39. The first kappa shape index (κ1) is 16.2. The number of nitrogens with one attached hydrogen (secondary N) is 2. The van der Waals surface area contributed by atoms with Gasteiger partial charge >= 0.3 is 0 Å². The zero-order chi connectivity index (χ0) is 15.6. The van der Waals surface area contributed by atoms with Crippen LogP contribution < -0.4 is 10.0 Å². The number of sulfonamides is 1. The second-order valence-electron chi connectivity index (χ2n) is 5.60. The van der Waals surface area contributed by atoms with Crippen LogP contribution in [0.1, 0.15) is 12.8 Å². The Labute approximate surface area is 125 Å². The number of benzene rings is 1. The van der Waals surface area contributed by atoms with E-state index in [0.29, 0.717) is 24.2 Å². The normalized spacial score (nSPS) is 17.0. The van der Waals surface area contributed by atoms with Crippen LogP contribution in [-0.2, 0) is 10.0 Å². The number of likely N-dealkylation sites (N-methyl/N-ethyl adjacent to an activating group) is 1. The highest BCUT2D eigenvalue weighted by atomic mass is 32.2. The summed E-state index contributed by atoms with van der Waals surface area (Å²) in [5.41, 5.74) is 0.331. The molecule has 1 aromatic carbocycles. The lowest BCUT2D eigenvalue weighted by Crippen LogP contribution is -2.36. The standard InChI is InChI=1S/C14H22FN3O2S/c1-16-21(19,20)11-6-7-13(12(15)8-11)17-9-14(18(2)3)10-4-5-10/h6-8,10,14,16-17H,4-5,9H2,1-3H3. The van der Waals surface area contributed by atoms with Gasteiger partial charge in [-0.1, -0.05) is 0 Å². The van der Waals surface area contributed by atoms with Crippen LogP contribution in [0.25, 0.3) is 0 Å². The number of hydrogen-bond donors (Lipinski definition) is 2. The predicted molar refractivity (Wildman–Crippen MR) is 81.3 cm³/mol. The molecular formula is C14H22FN3O2S. The van der Waals surface area contributed by atoms with Gasteiger partial charge in [-0.3, -0.25) is 0 Å². The minimum absolute atomic E-state index is 0.0700.